The van der Waals surface area contributed by atoms with Crippen molar-refractivity contribution in [3.8, 4) is 11.1 Å². The summed E-state index contributed by atoms with van der Waals surface area (Å²) in [5.74, 6) is 0. The summed E-state index contributed by atoms with van der Waals surface area (Å²) in [5, 5.41) is 0. The van der Waals surface area contributed by atoms with E-state index in [9.17, 15) is 8.42 Å². The van der Waals surface area contributed by atoms with E-state index in [1.54, 1.807) is 12.1 Å². The summed E-state index contributed by atoms with van der Waals surface area (Å²) >= 11 is 0. The first-order chi connectivity index (χ1) is 8.41. The highest BCUT2D eigenvalue weighted by atomic mass is 32.2. The van der Waals surface area contributed by atoms with Crippen molar-refractivity contribution < 1.29 is 8.42 Å². The van der Waals surface area contributed by atoms with Crippen LogP contribution in [0.25, 0.3) is 11.1 Å². The minimum Gasteiger partial charge on any atom is -0.399 e. The number of anilines is 2. The Bertz CT molecular complexity index is 780. The molecule has 0 atom stereocenters. The minimum atomic E-state index is -3.49. The molecular formula is C13H12N2O2S. The van der Waals surface area contributed by atoms with Gasteiger partial charge in [-0.2, -0.15) is 0 Å². The second kappa shape index (κ2) is 3.26. The van der Waals surface area contributed by atoms with E-state index in [1.807, 2.05) is 13.0 Å². The molecule has 0 unspecified atom stereocenters. The molecule has 0 amide bonds. The van der Waals surface area contributed by atoms with Crippen molar-refractivity contribution in [3.63, 3.8) is 0 Å². The SMILES string of the molecule is Cc1cc2c(cc1N)S(=O)(=O)c1cc(N)ccc1-2. The van der Waals surface area contributed by atoms with Crippen LogP contribution in [-0.2, 0) is 9.84 Å². The van der Waals surface area contributed by atoms with Crippen molar-refractivity contribution in [2.45, 2.75) is 16.7 Å². The molecule has 92 valence electrons. The van der Waals surface area contributed by atoms with Gasteiger partial charge in [0.1, 0.15) is 0 Å². The molecule has 1 heterocycles. The Labute approximate surface area is 105 Å². The highest BCUT2D eigenvalue weighted by Gasteiger charge is 2.33. The fourth-order valence-corrected chi connectivity index (χ4v) is 3.98. The van der Waals surface area contributed by atoms with Gasteiger partial charge in [-0.05, 0) is 36.8 Å². The van der Waals surface area contributed by atoms with Gasteiger partial charge in [0.25, 0.3) is 0 Å². The Balaban J connectivity index is 2.47. The molecule has 4 nitrogen and oxygen atoms in total. The van der Waals surface area contributed by atoms with Crippen molar-refractivity contribution in [1.29, 1.82) is 0 Å². The molecule has 0 saturated heterocycles. The van der Waals surface area contributed by atoms with E-state index in [0.29, 0.717) is 22.5 Å². The fraction of sp³-hybridized carbons (Fsp3) is 0.0769. The maximum absolute atomic E-state index is 12.4. The van der Waals surface area contributed by atoms with Gasteiger partial charge in [-0.25, -0.2) is 8.42 Å². The maximum Gasteiger partial charge on any atom is 0.207 e. The summed E-state index contributed by atoms with van der Waals surface area (Å²) in [6.45, 7) is 1.86. The number of hydrogen-bond acceptors (Lipinski definition) is 4. The van der Waals surface area contributed by atoms with Crippen molar-refractivity contribution in [3.05, 3.63) is 35.9 Å². The van der Waals surface area contributed by atoms with Crippen LogP contribution in [-0.4, -0.2) is 8.42 Å². The van der Waals surface area contributed by atoms with Gasteiger partial charge in [0.05, 0.1) is 9.79 Å². The van der Waals surface area contributed by atoms with Gasteiger partial charge in [-0.15, -0.1) is 0 Å². The molecule has 18 heavy (non-hydrogen) atoms. The van der Waals surface area contributed by atoms with Crippen LogP contribution in [0.5, 0.6) is 0 Å². The van der Waals surface area contributed by atoms with E-state index in [0.717, 1.165) is 5.56 Å². The van der Waals surface area contributed by atoms with Crippen molar-refractivity contribution in [1.82, 2.24) is 0 Å². The molecule has 0 fully saturated rings. The number of nitrogens with two attached hydrogens (primary N) is 2. The first kappa shape index (κ1) is 11.1. The molecule has 5 heteroatoms. The van der Waals surface area contributed by atoms with Crippen LogP contribution in [0, 0.1) is 6.92 Å². The van der Waals surface area contributed by atoms with E-state index in [-0.39, 0.29) is 9.79 Å². The topological polar surface area (TPSA) is 86.2 Å². The quantitative estimate of drug-likeness (QED) is 0.605. The number of rotatable bonds is 0. The zero-order valence-electron chi connectivity index (χ0n) is 9.77. The first-order valence-electron chi connectivity index (χ1n) is 5.46. The van der Waals surface area contributed by atoms with Crippen molar-refractivity contribution in [2.24, 2.45) is 0 Å². The third kappa shape index (κ3) is 1.28. The van der Waals surface area contributed by atoms with Crippen molar-refractivity contribution >= 4 is 21.2 Å². The Morgan fingerprint density at radius 3 is 2.33 bits per heavy atom. The van der Waals surface area contributed by atoms with Gasteiger partial charge in [0, 0.05) is 22.5 Å². The lowest BCUT2D eigenvalue weighted by Gasteiger charge is -2.04. The molecule has 0 aliphatic carbocycles. The predicted molar refractivity (Wildman–Crippen MR) is 70.9 cm³/mol. The molecule has 0 bridgehead atoms. The van der Waals surface area contributed by atoms with Crippen LogP contribution < -0.4 is 11.5 Å². The molecule has 4 N–H and O–H groups in total. The predicted octanol–water partition coefficient (Wildman–Crippen LogP) is 1.97. The lowest BCUT2D eigenvalue weighted by atomic mass is 10.0. The number of hydrogen-bond donors (Lipinski definition) is 2. The number of benzene rings is 2. The Morgan fingerprint density at radius 1 is 0.944 bits per heavy atom. The monoisotopic (exact) mass is 260 g/mol. The molecule has 2 aromatic carbocycles. The lowest BCUT2D eigenvalue weighted by molar-refractivity contribution is 0.599. The summed E-state index contributed by atoms with van der Waals surface area (Å²) in [7, 11) is -3.49. The van der Waals surface area contributed by atoms with Crippen LogP contribution in [0.2, 0.25) is 0 Å². The van der Waals surface area contributed by atoms with Gasteiger partial charge in [0.2, 0.25) is 9.84 Å². The van der Waals surface area contributed by atoms with E-state index < -0.39 is 9.84 Å². The van der Waals surface area contributed by atoms with E-state index in [1.165, 1.54) is 12.1 Å². The maximum atomic E-state index is 12.4. The summed E-state index contributed by atoms with van der Waals surface area (Å²) < 4.78 is 24.8. The smallest absolute Gasteiger partial charge is 0.207 e. The van der Waals surface area contributed by atoms with Gasteiger partial charge in [0.15, 0.2) is 0 Å². The number of fused-ring (bicyclic) bond motifs is 3. The summed E-state index contributed by atoms with van der Waals surface area (Å²) in [5.41, 5.74) is 14.6. The molecule has 0 spiro atoms. The van der Waals surface area contributed by atoms with Crippen molar-refractivity contribution in [2.75, 3.05) is 11.5 Å². The zero-order valence-corrected chi connectivity index (χ0v) is 10.6. The normalized spacial score (nSPS) is 15.2. The highest BCUT2D eigenvalue weighted by molar-refractivity contribution is 7.92. The third-order valence-corrected chi connectivity index (χ3v) is 5.08. The molecule has 0 saturated carbocycles. The fourth-order valence-electron chi connectivity index (χ4n) is 2.24. The largest absolute Gasteiger partial charge is 0.399 e. The molecule has 1 aliphatic rings. The molecule has 2 aromatic rings. The average molecular weight is 260 g/mol. The molecule has 1 aliphatic heterocycles. The van der Waals surface area contributed by atoms with Gasteiger partial charge in [-0.1, -0.05) is 6.07 Å². The van der Waals surface area contributed by atoms with Gasteiger partial charge in [-0.3, -0.25) is 0 Å². The van der Waals surface area contributed by atoms with Gasteiger partial charge >= 0.3 is 0 Å². The molecular weight excluding hydrogens is 248 g/mol. The number of nitrogen functional groups attached to an aromatic ring is 2. The number of aryl methyl sites for hydroxylation is 1. The van der Waals surface area contributed by atoms with Gasteiger partial charge < -0.3 is 11.5 Å². The zero-order chi connectivity index (χ0) is 13.1. The third-order valence-electron chi connectivity index (χ3n) is 3.24. The van der Waals surface area contributed by atoms with E-state index >= 15 is 0 Å². The molecule has 0 aromatic heterocycles. The highest BCUT2D eigenvalue weighted by Crippen LogP contribution is 2.45. The minimum absolute atomic E-state index is 0.266. The first-order valence-corrected chi connectivity index (χ1v) is 6.94. The van der Waals surface area contributed by atoms with Crippen LogP contribution in [0.1, 0.15) is 5.56 Å². The summed E-state index contributed by atoms with van der Waals surface area (Å²) in [4.78, 5) is 0.536. The lowest BCUT2D eigenvalue weighted by Crippen LogP contribution is -1.99. The van der Waals surface area contributed by atoms with Crippen LogP contribution in [0.4, 0.5) is 11.4 Å². The van der Waals surface area contributed by atoms with Crippen LogP contribution >= 0.6 is 0 Å². The standard InChI is InChI=1S/C13H12N2O2S/c1-7-4-10-9-3-2-8(14)5-12(9)18(16,17)13(10)6-11(7)15/h2-6H,14-15H2,1H3. The molecule has 3 rings (SSSR count). The Kier molecular flexibility index (Phi) is 2.01. The van der Waals surface area contributed by atoms with E-state index in [2.05, 4.69) is 0 Å². The molecule has 0 radical (unpaired) electrons. The Morgan fingerprint density at radius 2 is 1.61 bits per heavy atom. The number of sulfone groups is 1. The van der Waals surface area contributed by atoms with Crippen LogP contribution in [0.3, 0.4) is 0 Å². The average Bonchev–Trinajstić information content (AvgIpc) is 2.50. The second-order valence-electron chi connectivity index (χ2n) is 4.46. The second-order valence-corrected chi connectivity index (χ2v) is 6.35. The van der Waals surface area contributed by atoms with E-state index in [4.69, 9.17) is 11.5 Å². The Hall–Kier alpha value is -2.01. The summed E-state index contributed by atoms with van der Waals surface area (Å²) in [6, 6.07) is 8.27. The van der Waals surface area contributed by atoms with Crippen LogP contribution in [0.15, 0.2) is 40.1 Å². The summed E-state index contributed by atoms with van der Waals surface area (Å²) in [6.07, 6.45) is 0.